The average Bonchev–Trinajstić information content (AvgIpc) is 2.79. The van der Waals surface area contributed by atoms with Crippen molar-refractivity contribution >= 4 is 0 Å². The number of nitrogens with one attached hydrogen (secondary N) is 1. The summed E-state index contributed by atoms with van der Waals surface area (Å²) < 4.78 is 0. The lowest BCUT2D eigenvalue weighted by molar-refractivity contribution is 0.398. The average molecular weight is 245 g/mol. The fourth-order valence-corrected chi connectivity index (χ4v) is 3.18. The van der Waals surface area contributed by atoms with Crippen LogP contribution in [0.25, 0.3) is 0 Å². The third kappa shape index (κ3) is 3.35. The number of aryl methyl sites for hydroxylation is 2. The van der Waals surface area contributed by atoms with Crippen molar-refractivity contribution in [2.45, 2.75) is 58.9 Å². The predicted octanol–water partition coefficient (Wildman–Crippen LogP) is 4.01. The number of benzene rings is 1. The molecule has 1 aromatic rings. The lowest BCUT2D eigenvalue weighted by Gasteiger charge is -2.22. The summed E-state index contributed by atoms with van der Waals surface area (Å²) in [6.45, 7) is 7.87. The highest BCUT2D eigenvalue weighted by Crippen LogP contribution is 2.30. The fourth-order valence-electron chi connectivity index (χ4n) is 3.18. The topological polar surface area (TPSA) is 12.0 Å². The second kappa shape index (κ2) is 6.38. The largest absolute Gasteiger partial charge is 0.314 e. The van der Waals surface area contributed by atoms with Gasteiger partial charge >= 0.3 is 0 Å². The molecule has 0 aliphatic heterocycles. The summed E-state index contributed by atoms with van der Waals surface area (Å²) in [5.41, 5.74) is 4.42. The minimum atomic E-state index is 0.755. The number of hydrogen-bond acceptors (Lipinski definition) is 1. The molecule has 1 aliphatic rings. The van der Waals surface area contributed by atoms with Gasteiger partial charge in [0.05, 0.1) is 0 Å². The molecule has 0 spiro atoms. The van der Waals surface area contributed by atoms with Crippen molar-refractivity contribution in [1.82, 2.24) is 5.32 Å². The van der Waals surface area contributed by atoms with Gasteiger partial charge in [0.1, 0.15) is 0 Å². The first-order chi connectivity index (χ1) is 8.70. The van der Waals surface area contributed by atoms with Gasteiger partial charge in [0.2, 0.25) is 0 Å². The first-order valence-corrected chi connectivity index (χ1v) is 7.50. The third-order valence-corrected chi connectivity index (χ3v) is 4.30. The van der Waals surface area contributed by atoms with Crippen LogP contribution in [0.5, 0.6) is 0 Å². The van der Waals surface area contributed by atoms with Gasteiger partial charge in [0, 0.05) is 6.04 Å². The van der Waals surface area contributed by atoms with Crippen LogP contribution in [-0.4, -0.2) is 12.6 Å². The molecule has 2 rings (SSSR count). The van der Waals surface area contributed by atoms with E-state index in [2.05, 4.69) is 44.3 Å². The zero-order valence-corrected chi connectivity index (χ0v) is 12.1. The number of hydrogen-bond donors (Lipinski definition) is 1. The molecule has 1 aliphatic carbocycles. The van der Waals surface area contributed by atoms with Crippen molar-refractivity contribution in [3.63, 3.8) is 0 Å². The first-order valence-electron chi connectivity index (χ1n) is 7.50. The monoisotopic (exact) mass is 245 g/mol. The molecule has 18 heavy (non-hydrogen) atoms. The molecule has 0 bridgehead atoms. The van der Waals surface area contributed by atoms with Gasteiger partial charge in [0.25, 0.3) is 0 Å². The van der Waals surface area contributed by atoms with E-state index in [1.807, 2.05) is 0 Å². The van der Waals surface area contributed by atoms with E-state index in [0.29, 0.717) is 0 Å². The maximum Gasteiger partial charge on any atom is 0.00985 e. The molecule has 0 saturated heterocycles. The van der Waals surface area contributed by atoms with Crippen molar-refractivity contribution in [2.75, 3.05) is 6.54 Å². The normalized spacial score (nSPS) is 23.5. The molecule has 0 aromatic heterocycles. The molecule has 100 valence electrons. The molecule has 2 unspecified atom stereocenters. The maximum absolute atomic E-state index is 3.74. The molecular weight excluding hydrogens is 218 g/mol. The van der Waals surface area contributed by atoms with Crippen molar-refractivity contribution in [3.8, 4) is 0 Å². The lowest BCUT2D eigenvalue weighted by atomic mass is 9.91. The Labute approximate surface area is 112 Å². The Kier molecular flexibility index (Phi) is 4.82. The summed E-state index contributed by atoms with van der Waals surface area (Å²) in [6.07, 6.45) is 6.67. The van der Waals surface area contributed by atoms with Gasteiger partial charge in [-0.3, -0.25) is 0 Å². The Morgan fingerprint density at radius 3 is 2.83 bits per heavy atom. The van der Waals surface area contributed by atoms with Gasteiger partial charge < -0.3 is 5.32 Å². The third-order valence-electron chi connectivity index (χ3n) is 4.30. The summed E-state index contributed by atoms with van der Waals surface area (Å²) in [6, 6.07) is 7.63. The molecule has 1 fully saturated rings. The highest BCUT2D eigenvalue weighted by Gasteiger charge is 2.26. The smallest absolute Gasteiger partial charge is 0.00985 e. The molecule has 2 atom stereocenters. The molecule has 1 nitrogen and oxygen atoms in total. The Hall–Kier alpha value is -0.820. The zero-order chi connectivity index (χ0) is 13.0. The standard InChI is InChI=1S/C17H27N/c1-4-10-18-17-7-5-6-15(17)12-16-11-13(2)8-9-14(16)3/h8-9,11,15,17-18H,4-7,10,12H2,1-3H3. The van der Waals surface area contributed by atoms with E-state index >= 15 is 0 Å². The minimum Gasteiger partial charge on any atom is -0.314 e. The minimum absolute atomic E-state index is 0.755. The Morgan fingerprint density at radius 2 is 2.06 bits per heavy atom. The molecule has 0 radical (unpaired) electrons. The van der Waals surface area contributed by atoms with Gasteiger partial charge in [-0.25, -0.2) is 0 Å². The van der Waals surface area contributed by atoms with Crippen LogP contribution in [-0.2, 0) is 6.42 Å². The van der Waals surface area contributed by atoms with Crippen molar-refractivity contribution in [2.24, 2.45) is 5.92 Å². The van der Waals surface area contributed by atoms with E-state index in [-0.39, 0.29) is 0 Å². The Morgan fingerprint density at radius 1 is 1.22 bits per heavy atom. The van der Waals surface area contributed by atoms with Crippen LogP contribution in [0.3, 0.4) is 0 Å². The van der Waals surface area contributed by atoms with Gasteiger partial charge in [-0.1, -0.05) is 37.1 Å². The second-order valence-electron chi connectivity index (χ2n) is 5.89. The first kappa shape index (κ1) is 13.6. The van der Waals surface area contributed by atoms with Crippen LogP contribution in [0.4, 0.5) is 0 Å². The summed E-state index contributed by atoms with van der Waals surface area (Å²) >= 11 is 0. The van der Waals surface area contributed by atoms with Crippen LogP contribution >= 0.6 is 0 Å². The fraction of sp³-hybridized carbons (Fsp3) is 0.647. The van der Waals surface area contributed by atoms with Crippen LogP contribution in [0.2, 0.25) is 0 Å². The molecule has 1 saturated carbocycles. The van der Waals surface area contributed by atoms with Gasteiger partial charge in [-0.2, -0.15) is 0 Å². The lowest BCUT2D eigenvalue weighted by Crippen LogP contribution is -2.33. The highest BCUT2D eigenvalue weighted by atomic mass is 14.9. The van der Waals surface area contributed by atoms with Crippen molar-refractivity contribution in [3.05, 3.63) is 34.9 Å². The van der Waals surface area contributed by atoms with E-state index in [9.17, 15) is 0 Å². The SMILES string of the molecule is CCCNC1CCCC1Cc1cc(C)ccc1C. The van der Waals surface area contributed by atoms with Crippen molar-refractivity contribution in [1.29, 1.82) is 0 Å². The van der Waals surface area contributed by atoms with Crippen molar-refractivity contribution < 1.29 is 0 Å². The Balaban J connectivity index is 2.01. The second-order valence-corrected chi connectivity index (χ2v) is 5.89. The van der Waals surface area contributed by atoms with Gasteiger partial charge in [-0.15, -0.1) is 0 Å². The van der Waals surface area contributed by atoms with Crippen LogP contribution in [0, 0.1) is 19.8 Å². The van der Waals surface area contributed by atoms with Crippen LogP contribution in [0.1, 0.15) is 49.3 Å². The molecule has 1 aromatic carbocycles. The van der Waals surface area contributed by atoms with Gasteiger partial charge in [-0.05, 0) is 63.1 Å². The van der Waals surface area contributed by atoms with Crippen LogP contribution < -0.4 is 5.32 Å². The molecule has 1 heteroatoms. The van der Waals surface area contributed by atoms with E-state index < -0.39 is 0 Å². The maximum atomic E-state index is 3.74. The van der Waals surface area contributed by atoms with E-state index in [1.165, 1.54) is 49.8 Å². The quantitative estimate of drug-likeness (QED) is 0.826. The molecular formula is C17H27N. The van der Waals surface area contributed by atoms with Gasteiger partial charge in [0.15, 0.2) is 0 Å². The van der Waals surface area contributed by atoms with Crippen LogP contribution in [0.15, 0.2) is 18.2 Å². The summed E-state index contributed by atoms with van der Waals surface area (Å²) in [7, 11) is 0. The molecule has 0 heterocycles. The van der Waals surface area contributed by atoms with E-state index in [4.69, 9.17) is 0 Å². The molecule has 0 amide bonds. The zero-order valence-electron chi connectivity index (χ0n) is 12.1. The number of rotatable bonds is 5. The summed E-state index contributed by atoms with van der Waals surface area (Å²) in [5.74, 6) is 0.844. The summed E-state index contributed by atoms with van der Waals surface area (Å²) in [4.78, 5) is 0. The molecule has 1 N–H and O–H groups in total. The summed E-state index contributed by atoms with van der Waals surface area (Å²) in [5, 5.41) is 3.74. The van der Waals surface area contributed by atoms with E-state index in [1.54, 1.807) is 5.56 Å². The Bertz CT molecular complexity index is 383. The highest BCUT2D eigenvalue weighted by molar-refractivity contribution is 5.31. The predicted molar refractivity (Wildman–Crippen MR) is 79.0 cm³/mol. The van der Waals surface area contributed by atoms with E-state index in [0.717, 1.165) is 12.0 Å².